The molecule has 0 bridgehead atoms. The molecule has 8 heteroatoms. The predicted molar refractivity (Wildman–Crippen MR) is 113 cm³/mol. The molecule has 4 rings (SSSR count). The van der Waals surface area contributed by atoms with Crippen LogP contribution < -0.4 is 10.2 Å². The Bertz CT molecular complexity index is 996. The number of benzene rings is 1. The van der Waals surface area contributed by atoms with Crippen molar-refractivity contribution in [2.75, 3.05) is 29.9 Å². The number of aliphatic imine (C=N–C) groups is 1. The van der Waals surface area contributed by atoms with E-state index in [1.54, 1.807) is 36.9 Å². The molecule has 0 radical (unpaired) electrons. The van der Waals surface area contributed by atoms with Gasteiger partial charge in [-0.2, -0.15) is 0 Å². The lowest BCUT2D eigenvalue weighted by atomic mass is 10.2. The normalized spacial score (nSPS) is 14.7. The number of aryl methyl sites for hydroxylation is 1. The topological polar surface area (TPSA) is 84.1 Å². The maximum Gasteiger partial charge on any atom is 0.306 e. The molecule has 0 fully saturated rings. The number of thioether (sulfide) groups is 1. The Balaban J connectivity index is 1.32. The number of rotatable bonds is 7. The molecule has 150 valence electrons. The molecular weight excluding hydrogens is 390 g/mol. The molecule has 0 atom stereocenters. The highest BCUT2D eigenvalue weighted by molar-refractivity contribution is 8.14. The largest absolute Gasteiger partial charge is 0.466 e. The Morgan fingerprint density at radius 3 is 3.10 bits per heavy atom. The van der Waals surface area contributed by atoms with E-state index in [0.29, 0.717) is 24.5 Å². The summed E-state index contributed by atoms with van der Waals surface area (Å²) in [6.45, 7) is 3.84. The maximum atomic E-state index is 12.3. The fourth-order valence-electron chi connectivity index (χ4n) is 3.15. The van der Waals surface area contributed by atoms with E-state index in [2.05, 4.69) is 15.2 Å². The maximum absolute atomic E-state index is 12.3. The summed E-state index contributed by atoms with van der Waals surface area (Å²) < 4.78 is 10.5. The van der Waals surface area contributed by atoms with Crippen molar-refractivity contribution in [1.82, 2.24) is 0 Å². The number of esters is 1. The van der Waals surface area contributed by atoms with Gasteiger partial charge < -0.3 is 19.4 Å². The van der Waals surface area contributed by atoms with Crippen LogP contribution in [0.5, 0.6) is 0 Å². The van der Waals surface area contributed by atoms with Gasteiger partial charge in [-0.25, -0.2) is 0 Å². The van der Waals surface area contributed by atoms with Crippen LogP contribution in [0, 0.1) is 0 Å². The fourth-order valence-corrected chi connectivity index (χ4v) is 4.21. The number of furan rings is 1. The van der Waals surface area contributed by atoms with Crippen LogP contribution in [-0.4, -0.2) is 36.7 Å². The van der Waals surface area contributed by atoms with Crippen molar-refractivity contribution in [3.63, 3.8) is 0 Å². The Hall–Kier alpha value is -3.00. The molecule has 1 aromatic heterocycles. The van der Waals surface area contributed by atoms with E-state index in [0.717, 1.165) is 34.5 Å². The highest BCUT2D eigenvalue weighted by Gasteiger charge is 2.29. The smallest absolute Gasteiger partial charge is 0.306 e. The third kappa shape index (κ3) is 4.54. The number of carbonyl (C=O) groups excluding carboxylic acids is 2. The molecule has 0 aliphatic carbocycles. The zero-order valence-corrected chi connectivity index (χ0v) is 16.8. The molecule has 2 aliphatic heterocycles. The van der Waals surface area contributed by atoms with Gasteiger partial charge in [0.05, 0.1) is 25.3 Å². The van der Waals surface area contributed by atoms with Crippen LogP contribution in [0.25, 0.3) is 6.08 Å². The summed E-state index contributed by atoms with van der Waals surface area (Å²) in [6, 6.07) is 9.43. The summed E-state index contributed by atoms with van der Waals surface area (Å²) in [5.41, 5.74) is 1.83. The van der Waals surface area contributed by atoms with E-state index < -0.39 is 0 Å². The lowest BCUT2D eigenvalue weighted by Gasteiger charge is -2.13. The van der Waals surface area contributed by atoms with E-state index >= 15 is 0 Å². The summed E-state index contributed by atoms with van der Waals surface area (Å²) in [7, 11) is 0. The van der Waals surface area contributed by atoms with Crippen molar-refractivity contribution < 1.29 is 18.7 Å². The summed E-state index contributed by atoms with van der Waals surface area (Å²) in [5.74, 6) is 0.746. The predicted octanol–water partition coefficient (Wildman–Crippen LogP) is 3.71. The third-order valence-electron chi connectivity index (χ3n) is 4.48. The quantitative estimate of drug-likeness (QED) is 0.552. The average molecular weight is 411 g/mol. The van der Waals surface area contributed by atoms with Crippen LogP contribution in [0.2, 0.25) is 0 Å². The zero-order valence-electron chi connectivity index (χ0n) is 16.0. The average Bonchev–Trinajstić information content (AvgIpc) is 3.41. The summed E-state index contributed by atoms with van der Waals surface area (Å²) in [4.78, 5) is 31.5. The highest BCUT2D eigenvalue weighted by Crippen LogP contribution is 2.43. The fraction of sp³-hybridized carbons (Fsp3) is 0.286. The number of hydrogen-bond donors (Lipinski definition) is 1. The second kappa shape index (κ2) is 8.57. The van der Waals surface area contributed by atoms with Crippen molar-refractivity contribution in [1.29, 1.82) is 0 Å². The molecule has 29 heavy (non-hydrogen) atoms. The Morgan fingerprint density at radius 2 is 2.24 bits per heavy atom. The first-order chi connectivity index (χ1) is 14.1. The molecule has 1 N–H and O–H groups in total. The number of anilines is 2. The molecular formula is C21H21N3O4S. The molecule has 1 aromatic carbocycles. The van der Waals surface area contributed by atoms with Crippen LogP contribution in [0.3, 0.4) is 0 Å². The standard InChI is InChI=1S/C21H21N3O4S/c1-2-27-20(26)10-7-16-5-4-15(28-16)6-9-19(25)23-14-3-8-18-17(13-14)24-12-11-22-21(24)29-18/h3-6,8-9,13H,2,7,10-12H2,1H3,(H,23,25). The minimum atomic E-state index is -0.250. The van der Waals surface area contributed by atoms with Crippen LogP contribution in [-0.2, 0) is 20.7 Å². The third-order valence-corrected chi connectivity index (χ3v) is 5.58. The van der Waals surface area contributed by atoms with Gasteiger partial charge in [0.2, 0.25) is 5.91 Å². The van der Waals surface area contributed by atoms with Crippen molar-refractivity contribution in [3.8, 4) is 0 Å². The first kappa shape index (κ1) is 19.3. The minimum absolute atomic E-state index is 0.240. The zero-order chi connectivity index (χ0) is 20.2. The van der Waals surface area contributed by atoms with Gasteiger partial charge in [0, 0.05) is 29.6 Å². The van der Waals surface area contributed by atoms with Crippen LogP contribution in [0.15, 0.2) is 50.7 Å². The van der Waals surface area contributed by atoms with Gasteiger partial charge in [-0.1, -0.05) is 0 Å². The molecule has 0 saturated heterocycles. The number of ether oxygens (including phenoxy) is 1. The molecule has 7 nitrogen and oxygen atoms in total. The molecule has 2 aromatic rings. The second-order valence-corrected chi connectivity index (χ2v) is 7.54. The molecule has 2 aliphatic rings. The van der Waals surface area contributed by atoms with Crippen LogP contribution in [0.1, 0.15) is 24.9 Å². The van der Waals surface area contributed by atoms with Crippen LogP contribution >= 0.6 is 11.8 Å². The molecule has 0 saturated carbocycles. The van der Waals surface area contributed by atoms with Gasteiger partial charge >= 0.3 is 5.97 Å². The van der Waals surface area contributed by atoms with E-state index in [9.17, 15) is 9.59 Å². The van der Waals surface area contributed by atoms with E-state index in [4.69, 9.17) is 9.15 Å². The Labute approximate surface area is 172 Å². The first-order valence-electron chi connectivity index (χ1n) is 9.49. The number of hydrogen-bond acceptors (Lipinski definition) is 7. The van der Waals surface area contributed by atoms with Crippen LogP contribution in [0.4, 0.5) is 11.4 Å². The molecule has 1 amide bonds. The number of fused-ring (bicyclic) bond motifs is 3. The van der Waals surface area contributed by atoms with Gasteiger partial charge in [-0.15, -0.1) is 0 Å². The van der Waals surface area contributed by atoms with E-state index in [1.165, 1.54) is 6.08 Å². The van der Waals surface area contributed by atoms with E-state index in [1.807, 2.05) is 18.2 Å². The second-order valence-electron chi connectivity index (χ2n) is 6.53. The highest BCUT2D eigenvalue weighted by atomic mass is 32.2. The van der Waals surface area contributed by atoms with Crippen molar-refractivity contribution in [2.24, 2.45) is 4.99 Å². The van der Waals surface area contributed by atoms with Gasteiger partial charge in [0.15, 0.2) is 5.17 Å². The number of amidine groups is 1. The summed E-state index contributed by atoms with van der Waals surface area (Å²) >= 11 is 1.66. The molecule has 3 heterocycles. The Kier molecular flexibility index (Phi) is 5.71. The molecule has 0 spiro atoms. The number of nitrogens with one attached hydrogen (secondary N) is 1. The summed E-state index contributed by atoms with van der Waals surface area (Å²) in [5, 5.41) is 3.91. The van der Waals surface area contributed by atoms with E-state index in [-0.39, 0.29) is 18.3 Å². The van der Waals surface area contributed by atoms with Gasteiger partial charge in [0.25, 0.3) is 0 Å². The minimum Gasteiger partial charge on any atom is -0.466 e. The monoisotopic (exact) mass is 411 g/mol. The van der Waals surface area contributed by atoms with Crippen molar-refractivity contribution >= 4 is 46.3 Å². The van der Waals surface area contributed by atoms with Gasteiger partial charge in [-0.3, -0.25) is 14.6 Å². The number of carbonyl (C=O) groups is 2. The summed E-state index contributed by atoms with van der Waals surface area (Å²) in [6.07, 6.45) is 3.77. The van der Waals surface area contributed by atoms with Crippen molar-refractivity contribution in [3.05, 3.63) is 47.9 Å². The number of nitrogens with zero attached hydrogens (tertiary/aromatic N) is 2. The van der Waals surface area contributed by atoms with Gasteiger partial charge in [0.1, 0.15) is 11.5 Å². The number of amides is 1. The lowest BCUT2D eigenvalue weighted by Crippen LogP contribution is -2.20. The van der Waals surface area contributed by atoms with Crippen molar-refractivity contribution in [2.45, 2.75) is 24.7 Å². The lowest BCUT2D eigenvalue weighted by molar-refractivity contribution is -0.143. The Morgan fingerprint density at radius 1 is 1.34 bits per heavy atom. The SMILES string of the molecule is CCOC(=O)CCc1ccc(C=CC(=O)Nc2ccc3c(c2)N2CCN=C2S3)o1. The molecule has 0 unspecified atom stereocenters. The van der Waals surface area contributed by atoms with Gasteiger partial charge in [-0.05, 0) is 55.1 Å². The first-order valence-corrected chi connectivity index (χ1v) is 10.3.